The van der Waals surface area contributed by atoms with Gasteiger partial charge in [-0.1, -0.05) is 42.5 Å². The fraction of sp³-hybridized carbons (Fsp3) is 0. The topological polar surface area (TPSA) is 75.4 Å². The summed E-state index contributed by atoms with van der Waals surface area (Å²) in [5.74, 6) is 0.294. The van der Waals surface area contributed by atoms with Crippen LogP contribution in [0.2, 0.25) is 0 Å². The van der Waals surface area contributed by atoms with Gasteiger partial charge in [0, 0.05) is 11.3 Å². The van der Waals surface area contributed by atoms with Gasteiger partial charge in [0.1, 0.15) is 17.1 Å². The molecule has 0 aliphatic rings. The Balaban J connectivity index is 2.22. The highest BCUT2D eigenvalue weighted by Crippen LogP contribution is 2.21. The van der Waals surface area contributed by atoms with E-state index in [4.69, 9.17) is 9.92 Å². The highest BCUT2D eigenvalue weighted by atomic mass is 32.2. The van der Waals surface area contributed by atoms with Crippen molar-refractivity contribution >= 4 is 29.2 Å². The summed E-state index contributed by atoms with van der Waals surface area (Å²) < 4.78 is 25.8. The minimum absolute atomic E-state index is 0.294. The monoisotopic (exact) mass is 274 g/mol. The van der Waals surface area contributed by atoms with Crippen molar-refractivity contribution in [3.63, 3.8) is 0 Å². The molecule has 19 heavy (non-hydrogen) atoms. The molecular formula is C14H12NO3S-. The summed E-state index contributed by atoms with van der Waals surface area (Å²) in [4.78, 5) is 0. The summed E-state index contributed by atoms with van der Waals surface area (Å²) in [5, 5.41) is 0. The lowest BCUT2D eigenvalue weighted by atomic mass is 10.1. The van der Waals surface area contributed by atoms with Crippen LogP contribution >= 0.6 is 0 Å². The molecule has 0 radical (unpaired) electrons. The molecule has 1 unspecified atom stereocenters. The maximum atomic E-state index is 10.6. The predicted octanol–water partition coefficient (Wildman–Crippen LogP) is 2.61. The van der Waals surface area contributed by atoms with Gasteiger partial charge in [0.25, 0.3) is 0 Å². The van der Waals surface area contributed by atoms with E-state index in [0.29, 0.717) is 17.0 Å². The van der Waals surface area contributed by atoms with Gasteiger partial charge in [0.2, 0.25) is 0 Å². The molecule has 0 saturated heterocycles. The molecular weight excluding hydrogens is 262 g/mol. The molecule has 5 heteroatoms. The second-order valence-electron chi connectivity index (χ2n) is 3.83. The van der Waals surface area contributed by atoms with Gasteiger partial charge in [-0.05, 0) is 23.8 Å². The summed E-state index contributed by atoms with van der Waals surface area (Å²) in [5.41, 5.74) is 7.95. The number of anilines is 1. The van der Waals surface area contributed by atoms with Crippen molar-refractivity contribution in [1.82, 2.24) is 0 Å². The first kappa shape index (κ1) is 13.3. The van der Waals surface area contributed by atoms with E-state index in [0.717, 1.165) is 5.56 Å². The van der Waals surface area contributed by atoms with E-state index in [1.54, 1.807) is 36.4 Å². The van der Waals surface area contributed by atoms with Crippen molar-refractivity contribution < 1.29 is 12.9 Å². The normalized spacial score (nSPS) is 12.5. The molecule has 2 aromatic carbocycles. The molecule has 2 rings (SSSR count). The van der Waals surface area contributed by atoms with E-state index < -0.39 is 11.4 Å². The van der Waals surface area contributed by atoms with E-state index in [2.05, 4.69) is 0 Å². The van der Waals surface area contributed by atoms with Gasteiger partial charge < -0.3 is 14.5 Å². The maximum absolute atomic E-state index is 10.6. The standard InChI is InChI=1S/C14H13NO3S/c15-13-9-6-11(7-10-13)5-8-12-3-1-2-4-14(12)18-19(16)17/h1-10H,15H2,(H,16,17)/p-1. The van der Waals surface area contributed by atoms with Crippen LogP contribution < -0.4 is 9.92 Å². The summed E-state index contributed by atoms with van der Waals surface area (Å²) in [6.45, 7) is 0. The number of nitrogens with two attached hydrogens (primary N) is 1. The predicted molar refractivity (Wildman–Crippen MR) is 75.8 cm³/mol. The number of hydrogen-bond acceptors (Lipinski definition) is 4. The average molecular weight is 274 g/mol. The van der Waals surface area contributed by atoms with Gasteiger partial charge in [-0.25, -0.2) is 4.21 Å². The minimum atomic E-state index is -2.58. The zero-order chi connectivity index (χ0) is 13.7. The van der Waals surface area contributed by atoms with Gasteiger partial charge in [-0.2, -0.15) is 0 Å². The quantitative estimate of drug-likeness (QED) is 0.528. The molecule has 0 aliphatic carbocycles. The first-order chi connectivity index (χ1) is 9.15. The van der Waals surface area contributed by atoms with Gasteiger partial charge in [0.05, 0.1) is 0 Å². The molecule has 1 atom stereocenters. The van der Waals surface area contributed by atoms with Crippen LogP contribution in [-0.4, -0.2) is 8.76 Å². The van der Waals surface area contributed by atoms with Crippen molar-refractivity contribution in [3.8, 4) is 5.75 Å². The summed E-state index contributed by atoms with van der Waals surface area (Å²) in [7, 11) is 0. The lowest BCUT2D eigenvalue weighted by Crippen LogP contribution is -1.99. The average Bonchev–Trinajstić information content (AvgIpc) is 2.39. The summed E-state index contributed by atoms with van der Waals surface area (Å²) in [6.07, 6.45) is 3.64. The van der Waals surface area contributed by atoms with Crippen molar-refractivity contribution in [1.29, 1.82) is 0 Å². The molecule has 98 valence electrons. The van der Waals surface area contributed by atoms with Gasteiger partial charge >= 0.3 is 0 Å². The van der Waals surface area contributed by atoms with E-state index in [1.807, 2.05) is 24.3 Å². The number of nitrogen functional groups attached to an aromatic ring is 1. The molecule has 2 aromatic rings. The van der Waals surface area contributed by atoms with Gasteiger partial charge in [0.15, 0.2) is 0 Å². The van der Waals surface area contributed by atoms with E-state index in [-0.39, 0.29) is 0 Å². The summed E-state index contributed by atoms with van der Waals surface area (Å²) in [6, 6.07) is 14.2. The Morgan fingerprint density at radius 1 is 1.05 bits per heavy atom. The largest absolute Gasteiger partial charge is 0.740 e. The summed E-state index contributed by atoms with van der Waals surface area (Å²) >= 11 is -2.58. The fourth-order valence-electron chi connectivity index (χ4n) is 1.56. The molecule has 2 N–H and O–H groups in total. The molecule has 0 heterocycles. The van der Waals surface area contributed by atoms with E-state index in [9.17, 15) is 8.76 Å². The lowest BCUT2D eigenvalue weighted by molar-refractivity contribution is 0.440. The zero-order valence-electron chi connectivity index (χ0n) is 9.98. The third kappa shape index (κ3) is 3.94. The van der Waals surface area contributed by atoms with Crippen molar-refractivity contribution in [3.05, 3.63) is 59.7 Å². The van der Waals surface area contributed by atoms with Crippen LogP contribution in [0.25, 0.3) is 12.2 Å². The Hall–Kier alpha value is -2.11. The smallest absolute Gasteiger partial charge is 0.146 e. The molecule has 0 spiro atoms. The van der Waals surface area contributed by atoms with Crippen LogP contribution in [0.1, 0.15) is 11.1 Å². The Morgan fingerprint density at radius 3 is 2.42 bits per heavy atom. The van der Waals surface area contributed by atoms with Crippen LogP contribution in [-0.2, 0) is 11.4 Å². The van der Waals surface area contributed by atoms with Crippen LogP contribution in [0.15, 0.2) is 48.5 Å². The number of benzene rings is 2. The van der Waals surface area contributed by atoms with Gasteiger partial charge in [-0.3, -0.25) is 0 Å². The Morgan fingerprint density at radius 2 is 1.74 bits per heavy atom. The third-order valence-electron chi connectivity index (χ3n) is 2.47. The Bertz CT molecular complexity index is 608. The third-order valence-corrected chi connectivity index (χ3v) is 2.78. The molecule has 0 fully saturated rings. The van der Waals surface area contributed by atoms with Crippen molar-refractivity contribution in [2.45, 2.75) is 0 Å². The molecule has 0 bridgehead atoms. The van der Waals surface area contributed by atoms with Crippen LogP contribution in [0.3, 0.4) is 0 Å². The fourth-order valence-corrected chi connectivity index (χ4v) is 1.86. The molecule has 4 nitrogen and oxygen atoms in total. The van der Waals surface area contributed by atoms with Crippen LogP contribution in [0, 0.1) is 0 Å². The molecule has 0 amide bonds. The number of hydrogen-bond donors (Lipinski definition) is 1. The molecule has 0 aromatic heterocycles. The Kier molecular flexibility index (Phi) is 4.33. The molecule has 0 aliphatic heterocycles. The lowest BCUT2D eigenvalue weighted by Gasteiger charge is -2.09. The van der Waals surface area contributed by atoms with Crippen LogP contribution in [0.4, 0.5) is 5.69 Å². The second-order valence-corrected chi connectivity index (χ2v) is 4.40. The SMILES string of the molecule is Nc1ccc(C=Cc2ccccc2OS(=O)[O-])cc1. The van der Waals surface area contributed by atoms with Gasteiger partial charge in [-0.15, -0.1) is 0 Å². The Labute approximate surface area is 114 Å². The van der Waals surface area contributed by atoms with Crippen molar-refractivity contribution in [2.24, 2.45) is 0 Å². The van der Waals surface area contributed by atoms with Crippen LogP contribution in [0.5, 0.6) is 5.75 Å². The highest BCUT2D eigenvalue weighted by molar-refractivity contribution is 7.74. The second kappa shape index (κ2) is 6.17. The first-order valence-corrected chi connectivity index (χ1v) is 6.55. The number of rotatable bonds is 4. The minimum Gasteiger partial charge on any atom is -0.740 e. The number of para-hydroxylation sites is 1. The van der Waals surface area contributed by atoms with E-state index in [1.165, 1.54) is 0 Å². The highest BCUT2D eigenvalue weighted by Gasteiger charge is 1.99. The first-order valence-electron chi connectivity index (χ1n) is 5.55. The van der Waals surface area contributed by atoms with E-state index >= 15 is 0 Å². The molecule has 0 saturated carbocycles. The zero-order valence-corrected chi connectivity index (χ0v) is 10.8. The maximum Gasteiger partial charge on any atom is 0.146 e. The van der Waals surface area contributed by atoms with Crippen molar-refractivity contribution in [2.75, 3.05) is 5.73 Å².